The molecule has 0 fully saturated rings. The summed E-state index contributed by atoms with van der Waals surface area (Å²) in [6.45, 7) is 2.05. The van der Waals surface area contributed by atoms with Crippen molar-refractivity contribution in [3.8, 4) is 5.69 Å². The monoisotopic (exact) mass is 321 g/mol. The van der Waals surface area contributed by atoms with Crippen LogP contribution in [0.2, 0.25) is 0 Å². The lowest BCUT2D eigenvalue weighted by Crippen LogP contribution is -2.31. The molecule has 3 aromatic rings. The molecule has 122 valence electrons. The second-order valence-electron chi connectivity index (χ2n) is 5.51. The molecule has 0 aliphatic rings. The standard InChI is InChI=1S/C18H19N5O/c1-3-17(16-9-4-5-10-19-16)22(2)18(24)14-7-6-8-15(11-14)23-12-20-21-13-23/h4-13,17H,3H2,1-2H3. The van der Waals surface area contributed by atoms with Gasteiger partial charge in [0.25, 0.3) is 5.91 Å². The number of hydrogen-bond acceptors (Lipinski definition) is 4. The minimum Gasteiger partial charge on any atom is -0.333 e. The van der Waals surface area contributed by atoms with Crippen LogP contribution in [-0.4, -0.2) is 37.6 Å². The summed E-state index contributed by atoms with van der Waals surface area (Å²) in [5.41, 5.74) is 2.37. The molecule has 0 aliphatic carbocycles. The zero-order valence-electron chi connectivity index (χ0n) is 13.7. The number of aromatic nitrogens is 4. The fourth-order valence-corrected chi connectivity index (χ4v) is 2.73. The molecule has 0 N–H and O–H groups in total. The van der Waals surface area contributed by atoms with Crippen LogP contribution in [0.4, 0.5) is 0 Å². The van der Waals surface area contributed by atoms with E-state index < -0.39 is 0 Å². The number of pyridine rings is 1. The molecule has 6 heteroatoms. The van der Waals surface area contributed by atoms with E-state index in [-0.39, 0.29) is 11.9 Å². The lowest BCUT2D eigenvalue weighted by atomic mass is 10.1. The molecule has 1 aromatic carbocycles. The van der Waals surface area contributed by atoms with E-state index in [1.807, 2.05) is 49.5 Å². The highest BCUT2D eigenvalue weighted by atomic mass is 16.2. The smallest absolute Gasteiger partial charge is 0.254 e. The van der Waals surface area contributed by atoms with Crippen molar-refractivity contribution in [1.29, 1.82) is 0 Å². The fraction of sp³-hybridized carbons (Fsp3) is 0.222. The molecule has 1 amide bonds. The molecule has 6 nitrogen and oxygen atoms in total. The highest BCUT2D eigenvalue weighted by Gasteiger charge is 2.22. The first kappa shape index (κ1) is 15.9. The summed E-state index contributed by atoms with van der Waals surface area (Å²) in [6, 6.07) is 13.1. The quantitative estimate of drug-likeness (QED) is 0.725. The molecule has 0 spiro atoms. The largest absolute Gasteiger partial charge is 0.333 e. The molecule has 24 heavy (non-hydrogen) atoms. The molecular formula is C18H19N5O. The van der Waals surface area contributed by atoms with Crippen LogP contribution in [0, 0.1) is 0 Å². The molecule has 0 saturated carbocycles. The third-order valence-corrected chi connectivity index (χ3v) is 4.01. The van der Waals surface area contributed by atoms with Gasteiger partial charge < -0.3 is 4.90 Å². The summed E-state index contributed by atoms with van der Waals surface area (Å²) in [4.78, 5) is 19.0. The number of amides is 1. The summed E-state index contributed by atoms with van der Waals surface area (Å²) in [5, 5.41) is 7.60. The van der Waals surface area contributed by atoms with Gasteiger partial charge in [-0.2, -0.15) is 0 Å². The number of rotatable bonds is 5. The minimum atomic E-state index is -0.0581. The van der Waals surface area contributed by atoms with Crippen LogP contribution in [0.15, 0.2) is 61.3 Å². The van der Waals surface area contributed by atoms with Crippen LogP contribution in [0.5, 0.6) is 0 Å². The third-order valence-electron chi connectivity index (χ3n) is 4.01. The zero-order valence-corrected chi connectivity index (χ0v) is 13.7. The van der Waals surface area contributed by atoms with E-state index in [4.69, 9.17) is 0 Å². The maximum absolute atomic E-state index is 12.9. The van der Waals surface area contributed by atoms with Crippen LogP contribution < -0.4 is 0 Å². The first-order chi connectivity index (χ1) is 11.7. The Labute approximate surface area is 140 Å². The van der Waals surface area contributed by atoms with E-state index in [2.05, 4.69) is 22.1 Å². The van der Waals surface area contributed by atoms with Crippen molar-refractivity contribution < 1.29 is 4.79 Å². The van der Waals surface area contributed by atoms with Crippen LogP contribution >= 0.6 is 0 Å². The van der Waals surface area contributed by atoms with Crippen LogP contribution in [0.3, 0.4) is 0 Å². The summed E-state index contributed by atoms with van der Waals surface area (Å²) in [5.74, 6) is -0.0394. The highest BCUT2D eigenvalue weighted by molar-refractivity contribution is 5.94. The maximum Gasteiger partial charge on any atom is 0.254 e. The Balaban J connectivity index is 1.87. The fourth-order valence-electron chi connectivity index (χ4n) is 2.73. The van der Waals surface area contributed by atoms with Crippen LogP contribution in [-0.2, 0) is 0 Å². The van der Waals surface area contributed by atoms with E-state index in [9.17, 15) is 4.79 Å². The molecule has 3 rings (SSSR count). The van der Waals surface area contributed by atoms with Crippen molar-refractivity contribution in [3.05, 3.63) is 72.6 Å². The molecule has 2 aromatic heterocycles. The lowest BCUT2D eigenvalue weighted by Gasteiger charge is -2.27. The van der Waals surface area contributed by atoms with Crippen molar-refractivity contribution in [2.24, 2.45) is 0 Å². The first-order valence-corrected chi connectivity index (χ1v) is 7.84. The van der Waals surface area contributed by atoms with Gasteiger partial charge in [0.2, 0.25) is 0 Å². The Morgan fingerprint density at radius 1 is 1.17 bits per heavy atom. The Hall–Kier alpha value is -3.02. The van der Waals surface area contributed by atoms with E-state index in [0.29, 0.717) is 5.56 Å². The van der Waals surface area contributed by atoms with Gasteiger partial charge in [-0.15, -0.1) is 10.2 Å². The summed E-state index contributed by atoms with van der Waals surface area (Å²) in [7, 11) is 1.82. The normalized spacial score (nSPS) is 11.9. The van der Waals surface area contributed by atoms with E-state index in [1.54, 1.807) is 28.3 Å². The van der Waals surface area contributed by atoms with Gasteiger partial charge in [-0.3, -0.25) is 14.3 Å². The number of benzene rings is 1. The van der Waals surface area contributed by atoms with Gasteiger partial charge in [0.05, 0.1) is 11.7 Å². The first-order valence-electron chi connectivity index (χ1n) is 7.84. The Bertz CT molecular complexity index is 801. The number of carbonyl (C=O) groups excluding carboxylic acids is 1. The van der Waals surface area contributed by atoms with Crippen molar-refractivity contribution in [2.75, 3.05) is 7.05 Å². The Morgan fingerprint density at radius 3 is 2.62 bits per heavy atom. The van der Waals surface area contributed by atoms with Crippen molar-refractivity contribution >= 4 is 5.91 Å². The SMILES string of the molecule is CCC(c1ccccn1)N(C)C(=O)c1cccc(-n2cnnc2)c1. The van der Waals surface area contributed by atoms with Crippen LogP contribution in [0.25, 0.3) is 5.69 Å². The molecule has 0 radical (unpaired) electrons. The van der Waals surface area contributed by atoms with E-state index in [0.717, 1.165) is 17.8 Å². The van der Waals surface area contributed by atoms with Gasteiger partial charge in [-0.05, 0) is 36.8 Å². The van der Waals surface area contributed by atoms with Crippen molar-refractivity contribution in [3.63, 3.8) is 0 Å². The highest BCUT2D eigenvalue weighted by Crippen LogP contribution is 2.23. The summed E-state index contributed by atoms with van der Waals surface area (Å²) >= 11 is 0. The topological polar surface area (TPSA) is 63.9 Å². The van der Waals surface area contributed by atoms with Gasteiger partial charge in [0.1, 0.15) is 12.7 Å². The Kier molecular flexibility index (Phi) is 4.65. The van der Waals surface area contributed by atoms with Crippen molar-refractivity contribution in [2.45, 2.75) is 19.4 Å². The summed E-state index contributed by atoms with van der Waals surface area (Å²) < 4.78 is 1.77. The number of hydrogen-bond donors (Lipinski definition) is 0. The second-order valence-corrected chi connectivity index (χ2v) is 5.51. The number of nitrogens with zero attached hydrogens (tertiary/aromatic N) is 5. The van der Waals surface area contributed by atoms with E-state index in [1.165, 1.54) is 0 Å². The third kappa shape index (κ3) is 3.17. The van der Waals surface area contributed by atoms with Gasteiger partial charge in [-0.25, -0.2) is 0 Å². The molecule has 0 saturated heterocycles. The average molecular weight is 321 g/mol. The zero-order chi connectivity index (χ0) is 16.9. The van der Waals surface area contributed by atoms with Crippen molar-refractivity contribution in [1.82, 2.24) is 24.6 Å². The molecule has 0 aliphatic heterocycles. The van der Waals surface area contributed by atoms with E-state index >= 15 is 0 Å². The average Bonchev–Trinajstić information content (AvgIpc) is 3.17. The predicted octanol–water partition coefficient (Wildman–Crippen LogP) is 2.89. The molecule has 1 atom stereocenters. The second kappa shape index (κ2) is 7.04. The molecule has 1 unspecified atom stereocenters. The molecule has 0 bridgehead atoms. The Morgan fingerprint density at radius 2 is 1.96 bits per heavy atom. The number of carbonyl (C=O) groups is 1. The van der Waals surface area contributed by atoms with Gasteiger partial charge in [0.15, 0.2) is 0 Å². The van der Waals surface area contributed by atoms with Crippen LogP contribution in [0.1, 0.15) is 35.4 Å². The minimum absolute atomic E-state index is 0.0394. The summed E-state index contributed by atoms with van der Waals surface area (Å²) in [6.07, 6.45) is 5.76. The van der Waals surface area contributed by atoms with Gasteiger partial charge in [0, 0.05) is 24.5 Å². The lowest BCUT2D eigenvalue weighted by molar-refractivity contribution is 0.0722. The predicted molar refractivity (Wildman–Crippen MR) is 90.7 cm³/mol. The van der Waals surface area contributed by atoms with Gasteiger partial charge >= 0.3 is 0 Å². The molecular weight excluding hydrogens is 302 g/mol. The van der Waals surface area contributed by atoms with Gasteiger partial charge in [-0.1, -0.05) is 19.1 Å². The maximum atomic E-state index is 12.9. The molecule has 2 heterocycles.